The SMILES string of the molecule is O=C(O)c1nn(Cc2ccc(F)cc2F)c2ccc(CO)cc12. The second-order valence-corrected chi connectivity index (χ2v) is 5.06. The summed E-state index contributed by atoms with van der Waals surface area (Å²) in [6, 6.07) is 7.97. The summed E-state index contributed by atoms with van der Waals surface area (Å²) in [5.41, 5.74) is 1.05. The van der Waals surface area contributed by atoms with E-state index in [1.54, 1.807) is 12.1 Å². The van der Waals surface area contributed by atoms with E-state index >= 15 is 0 Å². The number of hydrogen-bond donors (Lipinski definition) is 2. The van der Waals surface area contributed by atoms with E-state index in [2.05, 4.69) is 5.10 Å². The van der Waals surface area contributed by atoms with E-state index in [4.69, 9.17) is 0 Å². The average Bonchev–Trinajstić information content (AvgIpc) is 2.88. The first-order chi connectivity index (χ1) is 11.0. The molecule has 0 aliphatic rings. The molecule has 0 atom stereocenters. The van der Waals surface area contributed by atoms with Gasteiger partial charge in [0.2, 0.25) is 0 Å². The van der Waals surface area contributed by atoms with Crippen LogP contribution in [0.4, 0.5) is 8.78 Å². The second kappa shape index (κ2) is 5.77. The van der Waals surface area contributed by atoms with Crippen LogP contribution in [0.5, 0.6) is 0 Å². The summed E-state index contributed by atoms with van der Waals surface area (Å²) in [5, 5.41) is 22.8. The topological polar surface area (TPSA) is 75.3 Å². The number of aliphatic hydroxyl groups excluding tert-OH is 1. The minimum Gasteiger partial charge on any atom is -0.476 e. The van der Waals surface area contributed by atoms with Gasteiger partial charge in [0.25, 0.3) is 0 Å². The number of hydrogen-bond acceptors (Lipinski definition) is 3. The van der Waals surface area contributed by atoms with Crippen LogP contribution in [0.1, 0.15) is 21.6 Å². The number of aromatic carboxylic acids is 1. The lowest BCUT2D eigenvalue weighted by atomic mass is 10.1. The van der Waals surface area contributed by atoms with E-state index in [1.165, 1.54) is 16.8 Å². The van der Waals surface area contributed by atoms with E-state index in [0.717, 1.165) is 12.1 Å². The fourth-order valence-electron chi connectivity index (χ4n) is 2.41. The van der Waals surface area contributed by atoms with Crippen LogP contribution < -0.4 is 0 Å². The fourth-order valence-corrected chi connectivity index (χ4v) is 2.41. The third kappa shape index (κ3) is 2.78. The third-order valence-electron chi connectivity index (χ3n) is 3.54. The highest BCUT2D eigenvalue weighted by atomic mass is 19.1. The molecule has 0 fully saturated rings. The maximum Gasteiger partial charge on any atom is 0.357 e. The maximum atomic E-state index is 13.8. The molecular formula is C16H12F2N2O3. The second-order valence-electron chi connectivity index (χ2n) is 5.06. The lowest BCUT2D eigenvalue weighted by Crippen LogP contribution is -2.06. The number of aliphatic hydroxyl groups is 1. The van der Waals surface area contributed by atoms with Crippen LogP contribution in [0.3, 0.4) is 0 Å². The Hall–Kier alpha value is -2.80. The first-order valence-corrected chi connectivity index (χ1v) is 6.77. The van der Waals surface area contributed by atoms with Gasteiger partial charge in [0.05, 0.1) is 18.7 Å². The number of nitrogens with zero attached hydrogens (tertiary/aromatic N) is 2. The summed E-state index contributed by atoms with van der Waals surface area (Å²) in [6.45, 7) is -0.263. The maximum absolute atomic E-state index is 13.8. The average molecular weight is 318 g/mol. The van der Waals surface area contributed by atoms with Gasteiger partial charge in [-0.2, -0.15) is 5.10 Å². The van der Waals surface area contributed by atoms with Crippen molar-refractivity contribution in [2.75, 3.05) is 0 Å². The first kappa shape index (κ1) is 15.1. The number of carboxylic acids is 1. The van der Waals surface area contributed by atoms with Gasteiger partial charge in [-0.15, -0.1) is 0 Å². The van der Waals surface area contributed by atoms with Crippen LogP contribution in [0.2, 0.25) is 0 Å². The molecule has 0 aliphatic carbocycles. The quantitative estimate of drug-likeness (QED) is 0.775. The number of fused-ring (bicyclic) bond motifs is 1. The Bertz CT molecular complexity index is 906. The normalized spacial score (nSPS) is 11.1. The predicted molar refractivity (Wildman–Crippen MR) is 78.1 cm³/mol. The zero-order chi connectivity index (χ0) is 16.6. The van der Waals surface area contributed by atoms with Crippen molar-refractivity contribution in [2.24, 2.45) is 0 Å². The van der Waals surface area contributed by atoms with E-state index in [0.29, 0.717) is 16.5 Å². The Morgan fingerprint density at radius 3 is 2.61 bits per heavy atom. The molecule has 1 aromatic heterocycles. The highest BCUT2D eigenvalue weighted by Gasteiger charge is 2.17. The van der Waals surface area contributed by atoms with E-state index < -0.39 is 17.6 Å². The number of carboxylic acid groups (broad SMARTS) is 1. The molecule has 0 bridgehead atoms. The number of aromatic nitrogens is 2. The van der Waals surface area contributed by atoms with Gasteiger partial charge in [-0.1, -0.05) is 12.1 Å². The smallest absolute Gasteiger partial charge is 0.357 e. The molecule has 1 heterocycles. The molecule has 0 aliphatic heterocycles. The predicted octanol–water partition coefficient (Wildman–Crippen LogP) is 2.55. The van der Waals surface area contributed by atoms with Gasteiger partial charge < -0.3 is 10.2 Å². The van der Waals surface area contributed by atoms with Gasteiger partial charge >= 0.3 is 5.97 Å². The van der Waals surface area contributed by atoms with E-state index in [1.807, 2.05) is 0 Å². The minimum absolute atomic E-state index is 0.0334. The standard InChI is InChI=1S/C16H12F2N2O3/c17-11-3-2-10(13(18)6-11)7-20-14-4-1-9(8-21)5-12(14)15(19-20)16(22)23/h1-6,21H,7-8H2,(H,22,23). The number of carbonyl (C=O) groups is 1. The fraction of sp³-hybridized carbons (Fsp3) is 0.125. The molecule has 0 saturated carbocycles. The van der Waals surface area contributed by atoms with Crippen LogP contribution in [-0.2, 0) is 13.2 Å². The van der Waals surface area contributed by atoms with Crippen molar-refractivity contribution in [1.82, 2.24) is 9.78 Å². The van der Waals surface area contributed by atoms with Crippen molar-refractivity contribution in [2.45, 2.75) is 13.2 Å². The van der Waals surface area contributed by atoms with E-state index in [-0.39, 0.29) is 24.4 Å². The lowest BCUT2D eigenvalue weighted by Gasteiger charge is -2.05. The minimum atomic E-state index is -1.22. The molecule has 118 valence electrons. The van der Waals surface area contributed by atoms with Crippen molar-refractivity contribution in [3.05, 3.63) is 64.9 Å². The molecule has 3 rings (SSSR count). The highest BCUT2D eigenvalue weighted by Crippen LogP contribution is 2.22. The molecule has 2 aromatic carbocycles. The van der Waals surface area contributed by atoms with Gasteiger partial charge in [-0.25, -0.2) is 13.6 Å². The Kier molecular flexibility index (Phi) is 3.79. The Balaban J connectivity index is 2.12. The van der Waals surface area contributed by atoms with Crippen molar-refractivity contribution >= 4 is 16.9 Å². The molecule has 0 unspecified atom stereocenters. The van der Waals surface area contributed by atoms with E-state index in [9.17, 15) is 23.8 Å². The molecule has 2 N–H and O–H groups in total. The van der Waals surface area contributed by atoms with Crippen molar-refractivity contribution in [3.8, 4) is 0 Å². The summed E-state index contributed by atoms with van der Waals surface area (Å²) in [4.78, 5) is 11.3. The van der Waals surface area contributed by atoms with Crippen LogP contribution in [-0.4, -0.2) is 26.0 Å². The molecule has 0 radical (unpaired) electrons. The Morgan fingerprint density at radius 2 is 1.96 bits per heavy atom. The van der Waals surface area contributed by atoms with Crippen LogP contribution in [0.25, 0.3) is 10.9 Å². The molecule has 0 amide bonds. The van der Waals surface area contributed by atoms with Crippen LogP contribution in [0, 0.1) is 11.6 Å². The Morgan fingerprint density at radius 1 is 1.17 bits per heavy atom. The largest absolute Gasteiger partial charge is 0.476 e. The highest BCUT2D eigenvalue weighted by molar-refractivity contribution is 6.01. The molecular weight excluding hydrogens is 306 g/mol. The van der Waals surface area contributed by atoms with Gasteiger partial charge in [-0.05, 0) is 23.8 Å². The zero-order valence-electron chi connectivity index (χ0n) is 11.8. The summed E-state index contributed by atoms with van der Waals surface area (Å²) in [5.74, 6) is -2.63. The molecule has 0 saturated heterocycles. The van der Waals surface area contributed by atoms with Crippen LogP contribution >= 0.6 is 0 Å². The molecule has 0 spiro atoms. The van der Waals surface area contributed by atoms with Gasteiger partial charge in [0.15, 0.2) is 5.69 Å². The zero-order valence-corrected chi connectivity index (χ0v) is 11.8. The molecule has 23 heavy (non-hydrogen) atoms. The molecule has 7 heteroatoms. The van der Waals surface area contributed by atoms with Crippen molar-refractivity contribution < 1.29 is 23.8 Å². The summed E-state index contributed by atoms with van der Waals surface area (Å²) in [6.07, 6.45) is 0. The lowest BCUT2D eigenvalue weighted by molar-refractivity contribution is 0.0691. The molecule has 3 aromatic rings. The van der Waals surface area contributed by atoms with Gasteiger partial charge in [0, 0.05) is 17.0 Å². The first-order valence-electron chi connectivity index (χ1n) is 6.77. The van der Waals surface area contributed by atoms with Gasteiger partial charge in [0.1, 0.15) is 11.6 Å². The summed E-state index contributed by atoms with van der Waals surface area (Å²) < 4.78 is 28.1. The molecule has 5 nitrogen and oxygen atoms in total. The monoisotopic (exact) mass is 318 g/mol. The number of halogens is 2. The third-order valence-corrected chi connectivity index (χ3v) is 3.54. The van der Waals surface area contributed by atoms with Crippen molar-refractivity contribution in [3.63, 3.8) is 0 Å². The number of rotatable bonds is 4. The summed E-state index contributed by atoms with van der Waals surface area (Å²) in [7, 11) is 0. The summed E-state index contributed by atoms with van der Waals surface area (Å²) >= 11 is 0. The Labute approximate surface area is 129 Å². The number of benzene rings is 2. The van der Waals surface area contributed by atoms with Gasteiger partial charge in [-0.3, -0.25) is 4.68 Å². The van der Waals surface area contributed by atoms with Crippen LogP contribution in [0.15, 0.2) is 36.4 Å². The van der Waals surface area contributed by atoms with Crippen molar-refractivity contribution in [1.29, 1.82) is 0 Å².